The monoisotopic (exact) mass is 395 g/mol. The van der Waals surface area contributed by atoms with E-state index in [2.05, 4.69) is 39.9 Å². The summed E-state index contributed by atoms with van der Waals surface area (Å²) in [6.07, 6.45) is 0. The second kappa shape index (κ2) is 8.93. The standard InChI is InChI=1S/C21H25N5OS/c1-14-6-9-17(10-7-14)22-12-19-24-25-21(26(19)4)28-13-20(27)23-18-11-15(2)5-8-16(18)3/h5-11,22H,12-13H2,1-4H3,(H,23,27). The lowest BCUT2D eigenvalue weighted by Gasteiger charge is -2.09. The van der Waals surface area contributed by atoms with Gasteiger partial charge in [0, 0.05) is 18.4 Å². The molecule has 0 radical (unpaired) electrons. The number of carbonyl (C=O) groups is 1. The lowest BCUT2D eigenvalue weighted by Crippen LogP contribution is -2.15. The Bertz CT molecular complexity index is 965. The van der Waals surface area contributed by atoms with Gasteiger partial charge in [0.15, 0.2) is 11.0 Å². The first-order valence-electron chi connectivity index (χ1n) is 9.11. The Morgan fingerprint density at radius 2 is 1.75 bits per heavy atom. The predicted octanol–water partition coefficient (Wildman–Crippen LogP) is 4.08. The third-order valence-corrected chi connectivity index (χ3v) is 5.45. The quantitative estimate of drug-likeness (QED) is 0.590. The van der Waals surface area contributed by atoms with Crippen molar-refractivity contribution in [3.63, 3.8) is 0 Å². The number of carbonyl (C=O) groups excluding carboxylic acids is 1. The molecule has 0 aliphatic heterocycles. The van der Waals surface area contributed by atoms with Crippen LogP contribution >= 0.6 is 11.8 Å². The zero-order valence-corrected chi connectivity index (χ0v) is 17.4. The van der Waals surface area contributed by atoms with E-state index in [1.807, 2.05) is 55.8 Å². The van der Waals surface area contributed by atoms with Crippen LogP contribution in [0.25, 0.3) is 0 Å². The largest absolute Gasteiger partial charge is 0.378 e. The molecule has 0 aliphatic carbocycles. The van der Waals surface area contributed by atoms with Gasteiger partial charge >= 0.3 is 0 Å². The molecule has 0 unspecified atom stereocenters. The highest BCUT2D eigenvalue weighted by Crippen LogP contribution is 2.19. The molecular formula is C21H25N5OS. The third kappa shape index (κ3) is 5.13. The smallest absolute Gasteiger partial charge is 0.234 e. The molecule has 2 N–H and O–H groups in total. The Labute approximate surface area is 169 Å². The van der Waals surface area contributed by atoms with Crippen molar-refractivity contribution >= 4 is 29.0 Å². The van der Waals surface area contributed by atoms with Gasteiger partial charge in [-0.25, -0.2) is 0 Å². The van der Waals surface area contributed by atoms with Crippen molar-refractivity contribution in [1.29, 1.82) is 0 Å². The molecule has 0 fully saturated rings. The number of hydrogen-bond acceptors (Lipinski definition) is 5. The molecular weight excluding hydrogens is 370 g/mol. The van der Waals surface area contributed by atoms with Gasteiger partial charge in [0.2, 0.25) is 5.91 Å². The van der Waals surface area contributed by atoms with Crippen LogP contribution in [0.1, 0.15) is 22.5 Å². The molecule has 0 spiro atoms. The van der Waals surface area contributed by atoms with Gasteiger partial charge in [0.1, 0.15) is 0 Å². The van der Waals surface area contributed by atoms with Gasteiger partial charge in [0.25, 0.3) is 0 Å². The van der Waals surface area contributed by atoms with Crippen molar-refractivity contribution in [2.24, 2.45) is 7.05 Å². The number of hydrogen-bond donors (Lipinski definition) is 2. The van der Waals surface area contributed by atoms with Crippen molar-refractivity contribution in [2.45, 2.75) is 32.5 Å². The molecule has 0 saturated carbocycles. The van der Waals surface area contributed by atoms with E-state index in [1.54, 1.807) is 0 Å². The molecule has 146 valence electrons. The van der Waals surface area contributed by atoms with Gasteiger partial charge in [-0.1, -0.05) is 41.6 Å². The molecule has 28 heavy (non-hydrogen) atoms. The van der Waals surface area contributed by atoms with Crippen LogP contribution in [-0.4, -0.2) is 26.4 Å². The van der Waals surface area contributed by atoms with Gasteiger partial charge in [-0.15, -0.1) is 10.2 Å². The fourth-order valence-corrected chi connectivity index (χ4v) is 3.39. The number of nitrogens with zero attached hydrogens (tertiary/aromatic N) is 3. The Balaban J connectivity index is 1.54. The highest BCUT2D eigenvalue weighted by Gasteiger charge is 2.12. The van der Waals surface area contributed by atoms with E-state index in [-0.39, 0.29) is 11.7 Å². The fourth-order valence-electron chi connectivity index (χ4n) is 2.66. The molecule has 6 nitrogen and oxygen atoms in total. The molecule has 3 aromatic rings. The van der Waals surface area contributed by atoms with Crippen molar-refractivity contribution < 1.29 is 4.79 Å². The van der Waals surface area contributed by atoms with Crippen LogP contribution in [-0.2, 0) is 18.4 Å². The van der Waals surface area contributed by atoms with Gasteiger partial charge in [-0.05, 0) is 50.1 Å². The molecule has 3 rings (SSSR count). The number of aryl methyl sites for hydroxylation is 3. The summed E-state index contributed by atoms with van der Waals surface area (Å²) in [7, 11) is 1.91. The van der Waals surface area contributed by atoms with E-state index in [0.29, 0.717) is 6.54 Å². The maximum absolute atomic E-state index is 12.3. The average molecular weight is 396 g/mol. The zero-order valence-electron chi connectivity index (χ0n) is 16.6. The summed E-state index contributed by atoms with van der Waals surface area (Å²) >= 11 is 1.38. The molecule has 0 bridgehead atoms. The van der Waals surface area contributed by atoms with Gasteiger partial charge in [-0.3, -0.25) is 4.79 Å². The fraction of sp³-hybridized carbons (Fsp3) is 0.286. The lowest BCUT2D eigenvalue weighted by molar-refractivity contribution is -0.113. The van der Waals surface area contributed by atoms with Gasteiger partial charge in [0.05, 0.1) is 12.3 Å². The second-order valence-corrected chi connectivity index (χ2v) is 7.78. The maximum atomic E-state index is 12.3. The van der Waals surface area contributed by atoms with Crippen LogP contribution in [0.2, 0.25) is 0 Å². The molecule has 0 atom stereocenters. The SMILES string of the molecule is Cc1ccc(NCc2nnc(SCC(=O)Nc3cc(C)ccc3C)n2C)cc1. The van der Waals surface area contributed by atoms with Crippen LogP contribution in [0.4, 0.5) is 11.4 Å². The lowest BCUT2D eigenvalue weighted by atomic mass is 10.1. The number of amides is 1. The van der Waals surface area contributed by atoms with E-state index >= 15 is 0 Å². The topological polar surface area (TPSA) is 71.8 Å². The Kier molecular flexibility index (Phi) is 6.36. The van der Waals surface area contributed by atoms with Crippen molar-refractivity contribution in [1.82, 2.24) is 14.8 Å². The highest BCUT2D eigenvalue weighted by atomic mass is 32.2. The normalized spacial score (nSPS) is 10.7. The Morgan fingerprint density at radius 3 is 2.50 bits per heavy atom. The number of nitrogens with one attached hydrogen (secondary N) is 2. The number of anilines is 2. The highest BCUT2D eigenvalue weighted by molar-refractivity contribution is 7.99. The van der Waals surface area contributed by atoms with Crippen LogP contribution in [0.5, 0.6) is 0 Å². The van der Waals surface area contributed by atoms with Crippen molar-refractivity contribution in [3.05, 3.63) is 65.0 Å². The first-order valence-corrected chi connectivity index (χ1v) is 10.1. The number of benzene rings is 2. The summed E-state index contributed by atoms with van der Waals surface area (Å²) in [5, 5.41) is 15.5. The number of thioether (sulfide) groups is 1. The van der Waals surface area contributed by atoms with Crippen LogP contribution in [0.3, 0.4) is 0 Å². The summed E-state index contributed by atoms with van der Waals surface area (Å²) in [5.74, 6) is 1.05. The molecule has 2 aromatic carbocycles. The number of aromatic nitrogens is 3. The van der Waals surface area contributed by atoms with E-state index in [0.717, 1.165) is 33.5 Å². The molecule has 7 heteroatoms. The predicted molar refractivity (Wildman–Crippen MR) is 115 cm³/mol. The first-order chi connectivity index (χ1) is 13.4. The van der Waals surface area contributed by atoms with Gasteiger partial charge in [-0.2, -0.15) is 0 Å². The summed E-state index contributed by atoms with van der Waals surface area (Å²) in [6.45, 7) is 6.63. The molecule has 1 heterocycles. The third-order valence-electron chi connectivity index (χ3n) is 4.43. The average Bonchev–Trinajstić information content (AvgIpc) is 3.02. The minimum atomic E-state index is -0.0546. The van der Waals surface area contributed by atoms with E-state index in [9.17, 15) is 4.79 Å². The molecule has 1 amide bonds. The van der Waals surface area contributed by atoms with Crippen LogP contribution in [0, 0.1) is 20.8 Å². The molecule has 0 aliphatic rings. The van der Waals surface area contributed by atoms with E-state index < -0.39 is 0 Å². The summed E-state index contributed by atoms with van der Waals surface area (Å²) in [5.41, 5.74) is 5.28. The minimum absolute atomic E-state index is 0.0546. The zero-order chi connectivity index (χ0) is 20.1. The van der Waals surface area contributed by atoms with E-state index in [1.165, 1.54) is 17.3 Å². The second-order valence-electron chi connectivity index (χ2n) is 6.83. The summed E-state index contributed by atoms with van der Waals surface area (Å²) < 4.78 is 1.91. The minimum Gasteiger partial charge on any atom is -0.378 e. The van der Waals surface area contributed by atoms with Gasteiger partial charge < -0.3 is 15.2 Å². The molecule has 1 aromatic heterocycles. The van der Waals surface area contributed by atoms with Crippen LogP contribution < -0.4 is 10.6 Å². The first kappa shape index (κ1) is 19.9. The Hall–Kier alpha value is -2.80. The van der Waals surface area contributed by atoms with Crippen molar-refractivity contribution in [3.8, 4) is 0 Å². The van der Waals surface area contributed by atoms with Crippen LogP contribution in [0.15, 0.2) is 47.6 Å². The van der Waals surface area contributed by atoms with E-state index in [4.69, 9.17) is 0 Å². The number of rotatable bonds is 7. The summed E-state index contributed by atoms with van der Waals surface area (Å²) in [4.78, 5) is 12.3. The summed E-state index contributed by atoms with van der Waals surface area (Å²) in [6, 6.07) is 14.2. The maximum Gasteiger partial charge on any atom is 0.234 e. The Morgan fingerprint density at radius 1 is 1.04 bits per heavy atom. The van der Waals surface area contributed by atoms with Crippen molar-refractivity contribution in [2.75, 3.05) is 16.4 Å². The molecule has 0 saturated heterocycles.